The highest BCUT2D eigenvalue weighted by Crippen LogP contribution is 2.45. The molecule has 1 fully saturated rings. The number of hydrogen-bond acceptors (Lipinski definition) is 6. The third-order valence-electron chi connectivity index (χ3n) is 5.59. The molecule has 148 valence electrons. The highest BCUT2D eigenvalue weighted by atomic mass is 16.6. The lowest BCUT2D eigenvalue weighted by molar-refractivity contribution is -0.987. The monoisotopic (exact) mass is 377 g/mol. The Morgan fingerprint density at radius 1 is 1.15 bits per heavy atom. The third-order valence-corrected chi connectivity index (χ3v) is 5.59. The summed E-state index contributed by atoms with van der Waals surface area (Å²) in [6.07, 6.45) is 3.71. The average Bonchev–Trinajstić information content (AvgIpc) is 3.32. The van der Waals surface area contributed by atoms with Crippen molar-refractivity contribution in [2.45, 2.75) is 24.9 Å². The summed E-state index contributed by atoms with van der Waals surface area (Å²) >= 11 is 0. The number of hydrogen-bond donors (Lipinski definition) is 0. The fourth-order valence-electron chi connectivity index (χ4n) is 4.40. The minimum absolute atomic E-state index is 0.0417. The van der Waals surface area contributed by atoms with Gasteiger partial charge in [0.2, 0.25) is 6.04 Å². The first-order valence-corrected chi connectivity index (χ1v) is 9.22. The zero-order valence-electron chi connectivity index (χ0n) is 16.5. The van der Waals surface area contributed by atoms with Gasteiger partial charge in [0.25, 0.3) is 0 Å². The van der Waals surface area contributed by atoms with Crippen molar-refractivity contribution in [1.82, 2.24) is 5.01 Å². The number of quaternary nitrogens is 1. The van der Waals surface area contributed by atoms with Crippen molar-refractivity contribution in [3.8, 4) is 5.75 Å². The van der Waals surface area contributed by atoms with Gasteiger partial charge >= 0.3 is 6.09 Å². The number of amides is 1. The molecule has 0 N–H and O–H groups in total. The van der Waals surface area contributed by atoms with E-state index in [0.717, 1.165) is 36.5 Å². The molecule has 0 radical (unpaired) electrons. The van der Waals surface area contributed by atoms with E-state index in [-0.39, 0.29) is 22.8 Å². The van der Waals surface area contributed by atoms with Crippen LogP contribution < -0.4 is 4.74 Å². The molecule has 3 atom stereocenters. The minimum Gasteiger partial charge on any atom is -0.497 e. The highest BCUT2D eigenvalue weighted by molar-refractivity contribution is 5.61. The first-order valence-electron chi connectivity index (χ1n) is 9.22. The number of rotatable bonds is 6. The summed E-state index contributed by atoms with van der Waals surface area (Å²) in [7, 11) is 6.43. The van der Waals surface area contributed by atoms with Crippen LogP contribution in [-0.2, 0) is 14.2 Å². The maximum absolute atomic E-state index is 13.2. The molecule has 1 saturated heterocycles. The summed E-state index contributed by atoms with van der Waals surface area (Å²) < 4.78 is 21.7. The standard InChI is InChI=1S/C20H29N2O5/c1-24-14-16-6-5-12-21(16)22(20(23)27-4)13-11-18(26-3)19(22)15-7-9-17(25-2)10-8-15/h7-11,16,19H,5-6,12-14H2,1-4H3/q+1/t16-,19-,22?/m0/s1. The van der Waals surface area contributed by atoms with Crippen molar-refractivity contribution in [1.29, 1.82) is 0 Å². The molecular formula is C20H29N2O5+. The zero-order chi connectivity index (χ0) is 19.4. The van der Waals surface area contributed by atoms with Gasteiger partial charge in [0.05, 0.1) is 34.0 Å². The molecule has 0 aromatic heterocycles. The van der Waals surface area contributed by atoms with E-state index < -0.39 is 0 Å². The third kappa shape index (κ3) is 3.31. The summed E-state index contributed by atoms with van der Waals surface area (Å²) in [5, 5.41) is 2.22. The summed E-state index contributed by atoms with van der Waals surface area (Å²) in [6, 6.07) is 7.63. The number of carbonyl (C=O) groups is 1. The molecule has 0 bridgehead atoms. The van der Waals surface area contributed by atoms with Crippen LogP contribution in [0.3, 0.4) is 0 Å². The molecule has 1 amide bonds. The van der Waals surface area contributed by atoms with E-state index in [0.29, 0.717) is 13.2 Å². The van der Waals surface area contributed by atoms with Crippen molar-refractivity contribution in [3.05, 3.63) is 41.7 Å². The number of carbonyl (C=O) groups excluding carboxylic acids is 1. The van der Waals surface area contributed by atoms with E-state index in [1.54, 1.807) is 21.3 Å². The van der Waals surface area contributed by atoms with Gasteiger partial charge in [-0.05, 0) is 37.1 Å². The SMILES string of the molecule is COC[C@@H]1CCCN1[N+]1(C(=O)OC)CC=C(OC)[C@@H]1c1ccc(OC)cc1. The van der Waals surface area contributed by atoms with E-state index >= 15 is 0 Å². The molecule has 7 heteroatoms. The van der Waals surface area contributed by atoms with Crippen molar-refractivity contribution in [3.63, 3.8) is 0 Å². The maximum atomic E-state index is 13.2. The van der Waals surface area contributed by atoms with E-state index in [1.165, 1.54) is 7.11 Å². The lowest BCUT2D eigenvalue weighted by Gasteiger charge is -2.44. The van der Waals surface area contributed by atoms with Gasteiger partial charge in [-0.15, -0.1) is 9.60 Å². The molecule has 2 aliphatic heterocycles. The summed E-state index contributed by atoms with van der Waals surface area (Å²) in [5.74, 6) is 1.54. The molecule has 2 heterocycles. The van der Waals surface area contributed by atoms with Gasteiger partial charge in [0, 0.05) is 25.3 Å². The zero-order valence-corrected chi connectivity index (χ0v) is 16.5. The van der Waals surface area contributed by atoms with Crippen molar-refractivity contribution >= 4 is 6.09 Å². The molecule has 7 nitrogen and oxygen atoms in total. The average molecular weight is 377 g/mol. The lowest BCUT2D eigenvalue weighted by Crippen LogP contribution is -2.65. The summed E-state index contributed by atoms with van der Waals surface area (Å²) in [4.78, 5) is 13.2. The van der Waals surface area contributed by atoms with Gasteiger partial charge in [-0.25, -0.2) is 0 Å². The molecule has 0 aliphatic carbocycles. The van der Waals surface area contributed by atoms with Gasteiger partial charge in [-0.2, -0.15) is 4.79 Å². The topological polar surface area (TPSA) is 57.2 Å². The Hall–Kier alpha value is -2.09. The number of benzene rings is 1. The molecule has 2 aliphatic rings. The summed E-state index contributed by atoms with van der Waals surface area (Å²) in [6.45, 7) is 1.88. The predicted molar refractivity (Wildman–Crippen MR) is 100.0 cm³/mol. The van der Waals surface area contributed by atoms with Gasteiger partial charge in [-0.3, -0.25) is 0 Å². The van der Waals surface area contributed by atoms with E-state index in [1.807, 2.05) is 30.3 Å². The van der Waals surface area contributed by atoms with Crippen LogP contribution in [0.5, 0.6) is 5.75 Å². The van der Waals surface area contributed by atoms with Crippen LogP contribution in [0.15, 0.2) is 36.1 Å². The summed E-state index contributed by atoms with van der Waals surface area (Å²) in [5.41, 5.74) is 0.981. The Morgan fingerprint density at radius 3 is 2.48 bits per heavy atom. The Bertz CT molecular complexity index is 690. The molecule has 0 saturated carbocycles. The highest BCUT2D eigenvalue weighted by Gasteiger charge is 2.59. The second-order valence-corrected chi connectivity index (χ2v) is 6.88. The maximum Gasteiger partial charge on any atom is 0.537 e. The Labute approximate surface area is 160 Å². The molecule has 27 heavy (non-hydrogen) atoms. The van der Waals surface area contributed by atoms with Crippen LogP contribution >= 0.6 is 0 Å². The van der Waals surface area contributed by atoms with Crippen LogP contribution in [0.1, 0.15) is 24.4 Å². The van der Waals surface area contributed by atoms with Gasteiger partial charge in [-0.1, -0.05) is 0 Å². The van der Waals surface area contributed by atoms with Crippen LogP contribution in [0.4, 0.5) is 4.79 Å². The van der Waals surface area contributed by atoms with Crippen molar-refractivity contribution < 1.29 is 28.3 Å². The van der Waals surface area contributed by atoms with Crippen LogP contribution in [0.2, 0.25) is 0 Å². The second-order valence-electron chi connectivity index (χ2n) is 6.88. The Kier molecular flexibility index (Phi) is 6.04. The van der Waals surface area contributed by atoms with E-state index in [4.69, 9.17) is 18.9 Å². The Balaban J connectivity index is 2.08. The van der Waals surface area contributed by atoms with Gasteiger partial charge in [0.1, 0.15) is 12.3 Å². The number of ether oxygens (including phenoxy) is 4. The van der Waals surface area contributed by atoms with Crippen molar-refractivity contribution in [2.24, 2.45) is 0 Å². The predicted octanol–water partition coefficient (Wildman–Crippen LogP) is 2.89. The largest absolute Gasteiger partial charge is 0.537 e. The van der Waals surface area contributed by atoms with E-state index in [2.05, 4.69) is 5.01 Å². The normalized spacial score (nSPS) is 28.1. The first-order chi connectivity index (χ1) is 13.1. The minimum atomic E-state index is -0.300. The number of nitrogens with zero attached hydrogens (tertiary/aromatic N) is 2. The first kappa shape index (κ1) is 19.7. The molecule has 3 rings (SSSR count). The van der Waals surface area contributed by atoms with Crippen LogP contribution in [-0.4, -0.2) is 69.9 Å². The van der Waals surface area contributed by atoms with Gasteiger partial charge < -0.3 is 18.9 Å². The quantitative estimate of drug-likeness (QED) is 0.711. The Morgan fingerprint density at radius 2 is 1.89 bits per heavy atom. The lowest BCUT2D eigenvalue weighted by atomic mass is 10.0. The fourth-order valence-corrected chi connectivity index (χ4v) is 4.40. The molecule has 1 aromatic rings. The van der Waals surface area contributed by atoms with Crippen LogP contribution in [0.25, 0.3) is 0 Å². The number of methoxy groups -OCH3 is 4. The molecule has 0 spiro atoms. The van der Waals surface area contributed by atoms with E-state index in [9.17, 15) is 4.79 Å². The van der Waals surface area contributed by atoms with Crippen molar-refractivity contribution in [2.75, 3.05) is 48.1 Å². The molecule has 1 unspecified atom stereocenters. The second kappa shape index (κ2) is 8.29. The smallest absolute Gasteiger partial charge is 0.497 e. The van der Waals surface area contributed by atoms with Gasteiger partial charge in [0.15, 0.2) is 5.76 Å². The van der Waals surface area contributed by atoms with Crippen LogP contribution in [0, 0.1) is 0 Å². The molecule has 1 aromatic carbocycles. The fraction of sp³-hybridized carbons (Fsp3) is 0.550. The molecular weight excluding hydrogens is 348 g/mol.